The molecule has 2 fully saturated rings. The van der Waals surface area contributed by atoms with Crippen LogP contribution in [0.2, 0.25) is 0 Å². The highest BCUT2D eigenvalue weighted by Gasteiger charge is 2.36. The number of rotatable bonds is 6. The summed E-state index contributed by atoms with van der Waals surface area (Å²) in [6.07, 6.45) is -0.332. The molecule has 45 heavy (non-hydrogen) atoms. The maximum absolute atomic E-state index is 14.4. The summed E-state index contributed by atoms with van der Waals surface area (Å²) >= 11 is 0. The van der Waals surface area contributed by atoms with Crippen molar-refractivity contribution < 1.29 is 31.9 Å². The molecule has 1 aromatic carbocycles. The topological polar surface area (TPSA) is 145 Å². The summed E-state index contributed by atoms with van der Waals surface area (Å²) in [5.41, 5.74) is -2.06. The van der Waals surface area contributed by atoms with Crippen LogP contribution in [0.4, 0.5) is 34.6 Å². The molecular weight excluding hydrogens is 596 g/mol. The monoisotopic (exact) mass is 622 g/mol. The van der Waals surface area contributed by atoms with Gasteiger partial charge in [-0.2, -0.15) is 23.5 Å². The van der Waals surface area contributed by atoms with Gasteiger partial charge in [-0.3, -0.25) is 24.4 Å². The van der Waals surface area contributed by atoms with Crippen molar-refractivity contribution in [2.45, 2.75) is 44.4 Å². The number of aromatic nitrogens is 3. The molecule has 3 N–H and O–H groups in total. The van der Waals surface area contributed by atoms with Crippen molar-refractivity contribution >= 4 is 34.8 Å². The number of amides is 3. The molecule has 0 aliphatic carbocycles. The molecule has 0 saturated carbocycles. The van der Waals surface area contributed by atoms with Crippen LogP contribution in [0.15, 0.2) is 42.9 Å². The molecule has 0 radical (unpaired) electrons. The second-order valence-electron chi connectivity index (χ2n) is 11.1. The van der Waals surface area contributed by atoms with E-state index in [-0.39, 0.29) is 23.9 Å². The average Bonchev–Trinajstić information content (AvgIpc) is 3.43. The Kier molecular flexibility index (Phi) is 8.21. The Bertz CT molecular complexity index is 1780. The molecule has 2 aliphatic heterocycles. The molecule has 0 spiro atoms. The Hall–Kier alpha value is -5.44. The number of anilines is 3. The Morgan fingerprint density at radius 1 is 1.11 bits per heavy atom. The minimum absolute atomic E-state index is 0.0359. The van der Waals surface area contributed by atoms with E-state index in [0.29, 0.717) is 42.5 Å². The highest BCUT2D eigenvalue weighted by molar-refractivity contribution is 6.01. The summed E-state index contributed by atoms with van der Waals surface area (Å²) in [4.78, 5) is 41.9. The lowest BCUT2D eigenvalue weighted by Crippen LogP contribution is -2.47. The number of carbonyl (C=O) groups excluding carboxylic acids is 3. The number of carbonyl (C=O) groups is 3. The quantitative estimate of drug-likeness (QED) is 0.216. The third kappa shape index (κ3) is 6.88. The van der Waals surface area contributed by atoms with Crippen molar-refractivity contribution in [2.75, 3.05) is 28.6 Å². The number of alkyl halides is 3. The van der Waals surface area contributed by atoms with E-state index in [1.54, 1.807) is 12.3 Å². The number of pyridine rings is 1. The maximum Gasteiger partial charge on any atom is 0.419 e. The minimum atomic E-state index is -4.82. The van der Waals surface area contributed by atoms with Gasteiger partial charge in [-0.25, -0.2) is 9.37 Å². The van der Waals surface area contributed by atoms with Gasteiger partial charge in [-0.1, -0.05) is 11.8 Å². The summed E-state index contributed by atoms with van der Waals surface area (Å²) in [6, 6.07) is 5.80. The summed E-state index contributed by atoms with van der Waals surface area (Å²) in [6.45, 7) is 4.10. The smallest absolute Gasteiger partial charge is 0.374 e. The number of nitrogens with one attached hydrogen (secondary N) is 3. The Labute approximate surface area is 254 Å². The molecule has 5 rings (SSSR count). The van der Waals surface area contributed by atoms with Crippen LogP contribution in [-0.2, 0) is 26.1 Å². The molecule has 2 aromatic heterocycles. The highest BCUT2D eigenvalue weighted by Crippen LogP contribution is 2.33. The van der Waals surface area contributed by atoms with Crippen LogP contribution in [0, 0.1) is 34.9 Å². The maximum atomic E-state index is 14.4. The second-order valence-corrected chi connectivity index (χ2v) is 11.1. The molecular formula is C30H26F4N8O3. The van der Waals surface area contributed by atoms with Crippen molar-refractivity contribution in [2.24, 2.45) is 5.92 Å². The standard InChI is InChI=1S/C30H26F4N8O3/c1-29(2,28(45)39-21-10-23(30(32,33)34)25(11-35)36-13-21)42-16-17(12-37-42)3-4-18-14-41(15-18)22-8-19(31)7-20(9-22)38-24-5-6-26(43)40-27(24)44/h7-10,12-13,16,18,24,38H,5-6,14-15H2,1-2H3,(H,39,45)(H,40,43,44). The van der Waals surface area contributed by atoms with Gasteiger partial charge in [0.1, 0.15) is 23.5 Å². The first-order chi connectivity index (χ1) is 21.2. The fourth-order valence-electron chi connectivity index (χ4n) is 4.76. The first-order valence-electron chi connectivity index (χ1n) is 13.7. The molecule has 0 bridgehead atoms. The Morgan fingerprint density at radius 3 is 2.56 bits per heavy atom. The number of halogens is 4. The van der Waals surface area contributed by atoms with E-state index in [9.17, 15) is 31.9 Å². The van der Waals surface area contributed by atoms with Gasteiger partial charge in [0.2, 0.25) is 11.8 Å². The lowest BCUT2D eigenvalue weighted by Gasteiger charge is -2.38. The number of nitriles is 1. The number of imide groups is 1. The molecule has 15 heteroatoms. The first-order valence-corrected chi connectivity index (χ1v) is 13.7. The number of piperidine rings is 1. The number of nitrogens with zero attached hydrogens (tertiary/aromatic N) is 5. The van der Waals surface area contributed by atoms with Crippen LogP contribution >= 0.6 is 0 Å². The molecule has 3 aromatic rings. The van der Waals surface area contributed by atoms with E-state index in [2.05, 4.69) is 37.9 Å². The molecule has 2 saturated heterocycles. The SMILES string of the molecule is CC(C)(C(=O)Nc1cnc(C#N)c(C(F)(F)F)c1)n1cc(C#CC2CN(c3cc(F)cc(NC4CCC(=O)NC4=O)c3)C2)cn1. The van der Waals surface area contributed by atoms with E-state index < -0.39 is 46.6 Å². The van der Waals surface area contributed by atoms with E-state index in [1.165, 1.54) is 42.9 Å². The number of hydrogen-bond acceptors (Lipinski definition) is 8. The zero-order valence-electron chi connectivity index (χ0n) is 24.0. The predicted molar refractivity (Wildman–Crippen MR) is 153 cm³/mol. The lowest BCUT2D eigenvalue weighted by molar-refractivity contribution is -0.138. The minimum Gasteiger partial charge on any atom is -0.374 e. The van der Waals surface area contributed by atoms with Gasteiger partial charge in [0.15, 0.2) is 5.69 Å². The van der Waals surface area contributed by atoms with Crippen LogP contribution in [0.3, 0.4) is 0 Å². The van der Waals surface area contributed by atoms with Crippen LogP contribution < -0.4 is 20.9 Å². The van der Waals surface area contributed by atoms with E-state index in [1.807, 2.05) is 4.90 Å². The van der Waals surface area contributed by atoms with Gasteiger partial charge in [-0.05, 0) is 44.5 Å². The third-order valence-corrected chi connectivity index (χ3v) is 7.40. The summed E-state index contributed by atoms with van der Waals surface area (Å²) in [5, 5.41) is 20.8. The molecule has 4 heterocycles. The largest absolute Gasteiger partial charge is 0.419 e. The zero-order valence-corrected chi connectivity index (χ0v) is 24.0. The van der Waals surface area contributed by atoms with Gasteiger partial charge >= 0.3 is 6.18 Å². The predicted octanol–water partition coefficient (Wildman–Crippen LogP) is 3.39. The van der Waals surface area contributed by atoms with E-state index >= 15 is 0 Å². The molecule has 1 unspecified atom stereocenters. The van der Waals surface area contributed by atoms with E-state index in [4.69, 9.17) is 5.26 Å². The van der Waals surface area contributed by atoms with Crippen LogP contribution in [0.1, 0.15) is 43.5 Å². The van der Waals surface area contributed by atoms with Crippen molar-refractivity contribution in [1.29, 1.82) is 5.26 Å². The van der Waals surface area contributed by atoms with Gasteiger partial charge in [-0.15, -0.1) is 0 Å². The second kappa shape index (κ2) is 11.9. The van der Waals surface area contributed by atoms with Gasteiger partial charge in [0.05, 0.1) is 35.1 Å². The highest BCUT2D eigenvalue weighted by atomic mass is 19.4. The fourth-order valence-corrected chi connectivity index (χ4v) is 4.76. The van der Waals surface area contributed by atoms with Crippen LogP contribution in [0.25, 0.3) is 0 Å². The van der Waals surface area contributed by atoms with Crippen molar-refractivity contribution in [3.63, 3.8) is 0 Å². The number of benzene rings is 1. The van der Waals surface area contributed by atoms with Crippen LogP contribution in [-0.4, -0.2) is 51.6 Å². The number of hydrogen-bond donors (Lipinski definition) is 3. The van der Waals surface area contributed by atoms with Gasteiger partial charge in [0.25, 0.3) is 5.91 Å². The van der Waals surface area contributed by atoms with Gasteiger partial charge in [0, 0.05) is 37.1 Å². The van der Waals surface area contributed by atoms with E-state index in [0.717, 1.165) is 6.20 Å². The summed E-state index contributed by atoms with van der Waals surface area (Å²) in [5.74, 6) is 4.16. The molecule has 2 aliphatic rings. The average molecular weight is 623 g/mol. The Morgan fingerprint density at radius 2 is 1.87 bits per heavy atom. The first kappa shape index (κ1) is 31.0. The third-order valence-electron chi connectivity index (χ3n) is 7.40. The fraction of sp³-hybridized carbons (Fsp3) is 0.333. The van der Waals surface area contributed by atoms with Crippen LogP contribution in [0.5, 0.6) is 0 Å². The van der Waals surface area contributed by atoms with Crippen molar-refractivity contribution in [1.82, 2.24) is 20.1 Å². The Balaban J connectivity index is 1.19. The molecule has 11 nitrogen and oxygen atoms in total. The van der Waals surface area contributed by atoms with Gasteiger partial charge < -0.3 is 15.5 Å². The normalized spacial score (nSPS) is 17.0. The molecule has 1 atom stereocenters. The summed E-state index contributed by atoms with van der Waals surface area (Å²) in [7, 11) is 0. The molecule has 232 valence electrons. The lowest BCUT2D eigenvalue weighted by atomic mass is 9.99. The summed E-state index contributed by atoms with van der Waals surface area (Å²) < 4.78 is 55.5. The zero-order chi connectivity index (χ0) is 32.5. The van der Waals surface area contributed by atoms with Crippen molar-refractivity contribution in [3.05, 3.63) is 65.5 Å². The molecule has 3 amide bonds. The van der Waals surface area contributed by atoms with Crippen molar-refractivity contribution in [3.8, 4) is 17.9 Å².